The van der Waals surface area contributed by atoms with E-state index in [1.165, 1.54) is 26.2 Å². The Morgan fingerprint density at radius 1 is 1.40 bits per heavy atom. The van der Waals surface area contributed by atoms with Gasteiger partial charge in [0.05, 0.1) is 6.61 Å². The average molecular weight is 216 g/mol. The molecule has 0 saturated heterocycles. The molecule has 0 radical (unpaired) electrons. The molecule has 3 heteroatoms. The highest BCUT2D eigenvalue weighted by molar-refractivity contribution is 5.78. The van der Waals surface area contributed by atoms with Gasteiger partial charge in [-0.1, -0.05) is 32.1 Å². The van der Waals surface area contributed by atoms with Gasteiger partial charge in [0.2, 0.25) is 5.67 Å². The van der Waals surface area contributed by atoms with Crippen LogP contribution in [0.4, 0.5) is 4.39 Å². The van der Waals surface area contributed by atoms with E-state index in [4.69, 9.17) is 4.74 Å². The van der Waals surface area contributed by atoms with Gasteiger partial charge in [0.25, 0.3) is 0 Å². The molecule has 1 unspecified atom stereocenters. The fraction of sp³-hybridized carbons (Fsp3) is 0.917. The minimum Gasteiger partial charge on any atom is -0.464 e. The van der Waals surface area contributed by atoms with Gasteiger partial charge < -0.3 is 4.74 Å². The summed E-state index contributed by atoms with van der Waals surface area (Å²) in [5.74, 6) is -0.339. The molecule has 1 rings (SSSR count). The van der Waals surface area contributed by atoms with Crippen molar-refractivity contribution in [3.05, 3.63) is 0 Å². The smallest absolute Gasteiger partial charge is 0.343 e. The van der Waals surface area contributed by atoms with Crippen molar-refractivity contribution in [3.8, 4) is 0 Å². The summed E-state index contributed by atoms with van der Waals surface area (Å²) in [5, 5.41) is 0. The first-order chi connectivity index (χ1) is 7.06. The fourth-order valence-corrected chi connectivity index (χ4v) is 2.30. The van der Waals surface area contributed by atoms with E-state index in [2.05, 4.69) is 0 Å². The first-order valence-electron chi connectivity index (χ1n) is 5.92. The Balaban J connectivity index is 2.42. The monoisotopic (exact) mass is 216 g/mol. The van der Waals surface area contributed by atoms with Crippen LogP contribution in [0.15, 0.2) is 0 Å². The van der Waals surface area contributed by atoms with Crippen LogP contribution in [0.25, 0.3) is 0 Å². The molecule has 88 valence electrons. The first-order valence-corrected chi connectivity index (χ1v) is 5.92. The molecule has 0 N–H and O–H groups in total. The van der Waals surface area contributed by atoms with E-state index in [0.29, 0.717) is 12.3 Å². The summed E-state index contributed by atoms with van der Waals surface area (Å²) in [6.45, 7) is 3.30. The second-order valence-corrected chi connectivity index (χ2v) is 4.63. The summed E-state index contributed by atoms with van der Waals surface area (Å²) >= 11 is 0. The lowest BCUT2D eigenvalue weighted by atomic mass is 9.82. The Hall–Kier alpha value is -0.600. The van der Waals surface area contributed by atoms with Gasteiger partial charge in [0.1, 0.15) is 0 Å². The van der Waals surface area contributed by atoms with Crippen molar-refractivity contribution >= 4 is 5.97 Å². The van der Waals surface area contributed by atoms with Crippen LogP contribution in [-0.2, 0) is 9.53 Å². The fourth-order valence-electron chi connectivity index (χ4n) is 2.30. The van der Waals surface area contributed by atoms with Gasteiger partial charge in [-0.3, -0.25) is 0 Å². The van der Waals surface area contributed by atoms with Gasteiger partial charge >= 0.3 is 5.97 Å². The number of halogens is 1. The van der Waals surface area contributed by atoms with Gasteiger partial charge in [-0.25, -0.2) is 9.18 Å². The zero-order valence-electron chi connectivity index (χ0n) is 9.72. The van der Waals surface area contributed by atoms with E-state index in [9.17, 15) is 9.18 Å². The number of ether oxygens (including phenoxy) is 1. The molecule has 0 spiro atoms. The number of carbonyl (C=O) groups is 1. The minimum absolute atomic E-state index is 0.253. The lowest BCUT2D eigenvalue weighted by Gasteiger charge is -2.27. The predicted octanol–water partition coefficient (Wildman–Crippen LogP) is 3.25. The third-order valence-electron chi connectivity index (χ3n) is 3.10. The Kier molecular flexibility index (Phi) is 4.55. The lowest BCUT2D eigenvalue weighted by Crippen LogP contribution is -2.35. The average Bonchev–Trinajstić information content (AvgIpc) is 2.19. The molecule has 1 aliphatic rings. The molecule has 0 bridgehead atoms. The van der Waals surface area contributed by atoms with Crippen LogP contribution in [0, 0.1) is 5.92 Å². The van der Waals surface area contributed by atoms with E-state index >= 15 is 0 Å². The summed E-state index contributed by atoms with van der Waals surface area (Å²) in [4.78, 5) is 11.3. The number of carbonyl (C=O) groups excluding carboxylic acids is 1. The van der Waals surface area contributed by atoms with E-state index in [1.54, 1.807) is 6.92 Å². The van der Waals surface area contributed by atoms with Gasteiger partial charge in [-0.2, -0.15) is 0 Å². The topological polar surface area (TPSA) is 26.3 Å². The molecular weight excluding hydrogens is 195 g/mol. The van der Waals surface area contributed by atoms with Crippen LogP contribution < -0.4 is 0 Å². The van der Waals surface area contributed by atoms with Gasteiger partial charge in [-0.05, 0) is 26.2 Å². The summed E-state index contributed by atoms with van der Waals surface area (Å²) in [5.41, 5.74) is -1.79. The number of rotatable bonds is 4. The zero-order chi connectivity index (χ0) is 11.3. The highest BCUT2D eigenvalue weighted by atomic mass is 19.1. The number of alkyl halides is 1. The first kappa shape index (κ1) is 12.5. The summed E-state index contributed by atoms with van der Waals surface area (Å²) in [7, 11) is 0. The SMILES string of the molecule is CCOC(=O)C(C)(F)CC1CCCCC1. The van der Waals surface area contributed by atoms with Crippen LogP contribution >= 0.6 is 0 Å². The van der Waals surface area contributed by atoms with E-state index in [0.717, 1.165) is 12.8 Å². The minimum atomic E-state index is -1.79. The normalized spacial score (nSPS) is 22.1. The van der Waals surface area contributed by atoms with Crippen LogP contribution in [-0.4, -0.2) is 18.2 Å². The molecule has 1 aliphatic carbocycles. The molecule has 0 amide bonds. The molecule has 0 aromatic heterocycles. The lowest BCUT2D eigenvalue weighted by molar-refractivity contribution is -0.157. The number of hydrogen-bond donors (Lipinski definition) is 0. The third kappa shape index (κ3) is 3.80. The molecular formula is C12H21FO2. The molecule has 0 aliphatic heterocycles. The highest BCUT2D eigenvalue weighted by Crippen LogP contribution is 2.32. The van der Waals surface area contributed by atoms with E-state index in [1.807, 2.05) is 0 Å². The maximum absolute atomic E-state index is 14.0. The Labute approximate surface area is 91.2 Å². The van der Waals surface area contributed by atoms with Crippen molar-refractivity contribution in [2.24, 2.45) is 5.92 Å². The second-order valence-electron chi connectivity index (χ2n) is 4.63. The highest BCUT2D eigenvalue weighted by Gasteiger charge is 2.37. The molecule has 2 nitrogen and oxygen atoms in total. The second kappa shape index (κ2) is 5.47. The molecule has 15 heavy (non-hydrogen) atoms. The summed E-state index contributed by atoms with van der Waals surface area (Å²) in [6.07, 6.45) is 6.02. The molecule has 1 fully saturated rings. The molecule has 1 saturated carbocycles. The van der Waals surface area contributed by atoms with Crippen molar-refractivity contribution in [1.82, 2.24) is 0 Å². The van der Waals surface area contributed by atoms with Crippen LogP contribution in [0.3, 0.4) is 0 Å². The maximum Gasteiger partial charge on any atom is 0.343 e. The van der Waals surface area contributed by atoms with Crippen LogP contribution in [0.2, 0.25) is 0 Å². The predicted molar refractivity (Wildman–Crippen MR) is 57.3 cm³/mol. The summed E-state index contributed by atoms with van der Waals surface area (Å²) in [6, 6.07) is 0. The maximum atomic E-state index is 14.0. The van der Waals surface area contributed by atoms with Crippen molar-refractivity contribution in [2.75, 3.05) is 6.61 Å². The van der Waals surface area contributed by atoms with E-state index in [-0.39, 0.29) is 6.61 Å². The molecule has 0 heterocycles. The number of esters is 1. The van der Waals surface area contributed by atoms with Crippen molar-refractivity contribution in [1.29, 1.82) is 0 Å². The van der Waals surface area contributed by atoms with Crippen molar-refractivity contribution in [3.63, 3.8) is 0 Å². The quantitative estimate of drug-likeness (QED) is 0.674. The largest absolute Gasteiger partial charge is 0.464 e. The van der Waals surface area contributed by atoms with Gasteiger partial charge in [-0.15, -0.1) is 0 Å². The Morgan fingerprint density at radius 3 is 2.53 bits per heavy atom. The Morgan fingerprint density at radius 2 is 2.00 bits per heavy atom. The number of hydrogen-bond acceptors (Lipinski definition) is 2. The van der Waals surface area contributed by atoms with Crippen molar-refractivity contribution in [2.45, 2.75) is 58.0 Å². The third-order valence-corrected chi connectivity index (χ3v) is 3.10. The Bertz CT molecular complexity index is 208. The van der Waals surface area contributed by atoms with Crippen molar-refractivity contribution < 1.29 is 13.9 Å². The molecule has 0 aromatic carbocycles. The molecule has 1 atom stereocenters. The van der Waals surface area contributed by atoms with Crippen LogP contribution in [0.1, 0.15) is 52.4 Å². The molecule has 0 aromatic rings. The van der Waals surface area contributed by atoms with Crippen LogP contribution in [0.5, 0.6) is 0 Å². The standard InChI is InChI=1S/C12H21FO2/c1-3-15-11(14)12(2,13)9-10-7-5-4-6-8-10/h10H,3-9H2,1-2H3. The summed E-state index contributed by atoms with van der Waals surface area (Å²) < 4.78 is 18.7. The zero-order valence-corrected chi connectivity index (χ0v) is 9.72. The van der Waals surface area contributed by atoms with Gasteiger partial charge in [0, 0.05) is 0 Å². The van der Waals surface area contributed by atoms with Gasteiger partial charge in [0.15, 0.2) is 0 Å². The van der Waals surface area contributed by atoms with E-state index < -0.39 is 11.6 Å².